The van der Waals surface area contributed by atoms with Gasteiger partial charge in [0.25, 0.3) is 5.91 Å². The maximum Gasteiger partial charge on any atom is 0.251 e. The first-order valence-corrected chi connectivity index (χ1v) is 8.71. The molecule has 2 amide bonds. The summed E-state index contributed by atoms with van der Waals surface area (Å²) in [6.45, 7) is 0.166. The molecule has 3 aromatic carbocycles. The number of nitrogens with one attached hydrogen (secondary N) is 1. The van der Waals surface area contributed by atoms with Gasteiger partial charge < -0.3 is 15.8 Å². The van der Waals surface area contributed by atoms with E-state index in [4.69, 9.17) is 10.5 Å². The average Bonchev–Trinajstić information content (AvgIpc) is 2.70. The molecule has 3 N–H and O–H groups in total. The molecule has 0 bridgehead atoms. The van der Waals surface area contributed by atoms with Crippen LogP contribution in [0.1, 0.15) is 16.8 Å². The van der Waals surface area contributed by atoms with E-state index in [9.17, 15) is 14.0 Å². The van der Waals surface area contributed by atoms with Gasteiger partial charge in [0.1, 0.15) is 11.6 Å². The van der Waals surface area contributed by atoms with Crippen LogP contribution in [0.4, 0.5) is 10.1 Å². The Balaban J connectivity index is 1.60. The molecule has 0 aliphatic heterocycles. The van der Waals surface area contributed by atoms with E-state index in [1.54, 1.807) is 0 Å². The summed E-state index contributed by atoms with van der Waals surface area (Å²) in [5.41, 5.74) is 7.09. The van der Waals surface area contributed by atoms with Crippen molar-refractivity contribution in [3.8, 4) is 16.9 Å². The molecule has 0 aromatic heterocycles. The molecule has 0 aliphatic carbocycles. The van der Waals surface area contributed by atoms with Gasteiger partial charge >= 0.3 is 0 Å². The average molecular weight is 378 g/mol. The first-order valence-electron chi connectivity index (χ1n) is 8.71. The predicted octanol–water partition coefficient (Wildman–Crippen LogP) is 4.00. The molecular weight excluding hydrogens is 359 g/mol. The molecule has 142 valence electrons. The molecule has 0 atom stereocenters. The minimum Gasteiger partial charge on any atom is -0.492 e. The number of hydrogen-bond acceptors (Lipinski definition) is 3. The van der Waals surface area contributed by atoms with Gasteiger partial charge in [-0.2, -0.15) is 0 Å². The van der Waals surface area contributed by atoms with Crippen LogP contribution in [0.15, 0.2) is 72.8 Å². The van der Waals surface area contributed by atoms with E-state index < -0.39 is 11.7 Å². The lowest BCUT2D eigenvalue weighted by Crippen LogP contribution is -2.17. The molecule has 6 heteroatoms. The monoisotopic (exact) mass is 378 g/mol. The molecule has 0 unspecified atom stereocenters. The van der Waals surface area contributed by atoms with Gasteiger partial charge in [-0.15, -0.1) is 0 Å². The fourth-order valence-corrected chi connectivity index (χ4v) is 2.72. The summed E-state index contributed by atoms with van der Waals surface area (Å²) in [4.78, 5) is 23.3. The Labute approximate surface area is 161 Å². The summed E-state index contributed by atoms with van der Waals surface area (Å²) in [6.07, 6.45) is 0.0897. The van der Waals surface area contributed by atoms with Crippen molar-refractivity contribution in [1.29, 1.82) is 0 Å². The van der Waals surface area contributed by atoms with Gasteiger partial charge in [0.15, 0.2) is 0 Å². The fraction of sp³-hybridized carbons (Fsp3) is 0.0909. The number of amides is 2. The van der Waals surface area contributed by atoms with Crippen molar-refractivity contribution in [2.45, 2.75) is 6.42 Å². The molecule has 0 saturated carbocycles. The summed E-state index contributed by atoms with van der Waals surface area (Å²) in [6, 6.07) is 21.1. The third kappa shape index (κ3) is 4.73. The second kappa shape index (κ2) is 8.81. The molecule has 3 rings (SSSR count). The predicted molar refractivity (Wildman–Crippen MR) is 106 cm³/mol. The van der Waals surface area contributed by atoms with E-state index in [1.165, 1.54) is 12.1 Å². The highest BCUT2D eigenvalue weighted by Crippen LogP contribution is 2.29. The van der Waals surface area contributed by atoms with Crippen LogP contribution in [-0.2, 0) is 4.79 Å². The summed E-state index contributed by atoms with van der Waals surface area (Å²) >= 11 is 0. The number of primary amides is 1. The number of benzene rings is 3. The topological polar surface area (TPSA) is 81.4 Å². The van der Waals surface area contributed by atoms with Gasteiger partial charge in [-0.05, 0) is 29.8 Å². The molecule has 0 radical (unpaired) electrons. The molecule has 0 heterocycles. The van der Waals surface area contributed by atoms with Gasteiger partial charge in [-0.1, -0.05) is 48.5 Å². The number of rotatable bonds is 7. The van der Waals surface area contributed by atoms with Crippen LogP contribution in [0, 0.1) is 5.82 Å². The van der Waals surface area contributed by atoms with E-state index in [1.807, 2.05) is 54.6 Å². The Bertz CT molecular complexity index is 990. The Hall–Kier alpha value is -3.67. The largest absolute Gasteiger partial charge is 0.492 e. The van der Waals surface area contributed by atoms with Crippen LogP contribution >= 0.6 is 0 Å². The number of para-hydroxylation sites is 1. The number of hydrogen-bond donors (Lipinski definition) is 2. The van der Waals surface area contributed by atoms with Crippen molar-refractivity contribution < 1.29 is 18.7 Å². The normalized spacial score (nSPS) is 10.3. The molecule has 0 saturated heterocycles. The first-order chi connectivity index (χ1) is 13.5. The molecule has 0 fully saturated rings. The third-order valence-electron chi connectivity index (χ3n) is 4.07. The maximum atomic E-state index is 13.5. The highest BCUT2D eigenvalue weighted by atomic mass is 19.1. The van der Waals surface area contributed by atoms with Crippen LogP contribution in [0.25, 0.3) is 11.1 Å². The van der Waals surface area contributed by atoms with E-state index in [0.29, 0.717) is 11.4 Å². The summed E-state index contributed by atoms with van der Waals surface area (Å²) in [7, 11) is 0. The zero-order valence-electron chi connectivity index (χ0n) is 15.0. The quantitative estimate of drug-likeness (QED) is 0.652. The van der Waals surface area contributed by atoms with Crippen LogP contribution in [-0.4, -0.2) is 18.4 Å². The smallest absolute Gasteiger partial charge is 0.251 e. The van der Waals surface area contributed by atoms with Crippen LogP contribution in [0.2, 0.25) is 0 Å². The van der Waals surface area contributed by atoms with Crippen molar-refractivity contribution in [2.75, 3.05) is 11.9 Å². The van der Waals surface area contributed by atoms with Crippen molar-refractivity contribution in [3.05, 3.63) is 84.2 Å². The molecule has 28 heavy (non-hydrogen) atoms. The highest BCUT2D eigenvalue weighted by Gasteiger charge is 2.11. The second-order valence-electron chi connectivity index (χ2n) is 6.07. The van der Waals surface area contributed by atoms with Crippen LogP contribution in [0.5, 0.6) is 5.75 Å². The summed E-state index contributed by atoms with van der Waals surface area (Å²) in [5, 5.41) is 2.60. The van der Waals surface area contributed by atoms with Gasteiger partial charge in [0.2, 0.25) is 5.91 Å². The van der Waals surface area contributed by atoms with Gasteiger partial charge in [0.05, 0.1) is 18.6 Å². The number of anilines is 1. The lowest BCUT2D eigenvalue weighted by atomic mass is 10.1. The zero-order chi connectivity index (χ0) is 19.9. The first kappa shape index (κ1) is 19.1. The lowest BCUT2D eigenvalue weighted by Gasteiger charge is -2.12. The van der Waals surface area contributed by atoms with Gasteiger partial charge in [0, 0.05) is 11.3 Å². The van der Waals surface area contributed by atoms with Gasteiger partial charge in [-0.3, -0.25) is 9.59 Å². The van der Waals surface area contributed by atoms with Crippen LogP contribution < -0.4 is 15.8 Å². The lowest BCUT2D eigenvalue weighted by molar-refractivity contribution is -0.116. The SMILES string of the molecule is NC(=O)c1cc(NC(=O)CCOc2ccccc2-c2ccccc2)ccc1F. The van der Waals surface area contributed by atoms with Crippen molar-refractivity contribution >= 4 is 17.5 Å². The van der Waals surface area contributed by atoms with E-state index in [-0.39, 0.29) is 24.5 Å². The second-order valence-corrected chi connectivity index (χ2v) is 6.07. The highest BCUT2D eigenvalue weighted by molar-refractivity contribution is 5.96. The number of carbonyl (C=O) groups is 2. The van der Waals surface area contributed by atoms with E-state index >= 15 is 0 Å². The van der Waals surface area contributed by atoms with Crippen molar-refractivity contribution in [1.82, 2.24) is 0 Å². The number of halogens is 1. The summed E-state index contributed by atoms with van der Waals surface area (Å²) < 4.78 is 19.3. The Morgan fingerprint density at radius 2 is 1.68 bits per heavy atom. The number of carbonyl (C=O) groups excluding carboxylic acids is 2. The molecule has 3 aromatic rings. The van der Waals surface area contributed by atoms with Crippen molar-refractivity contribution in [2.24, 2.45) is 5.73 Å². The summed E-state index contributed by atoms with van der Waals surface area (Å²) in [5.74, 6) is -1.26. The molecule has 0 spiro atoms. The Morgan fingerprint density at radius 1 is 0.964 bits per heavy atom. The Kier molecular flexibility index (Phi) is 6.01. The molecule has 0 aliphatic rings. The fourth-order valence-electron chi connectivity index (χ4n) is 2.72. The van der Waals surface area contributed by atoms with E-state index in [0.717, 1.165) is 17.2 Å². The van der Waals surface area contributed by atoms with Crippen LogP contribution in [0.3, 0.4) is 0 Å². The number of ether oxygens (including phenoxy) is 1. The minimum absolute atomic E-state index is 0.0897. The zero-order valence-corrected chi connectivity index (χ0v) is 15.0. The number of nitrogens with two attached hydrogens (primary N) is 1. The molecule has 5 nitrogen and oxygen atoms in total. The Morgan fingerprint density at radius 3 is 2.43 bits per heavy atom. The minimum atomic E-state index is -0.894. The van der Waals surface area contributed by atoms with Crippen molar-refractivity contribution in [3.63, 3.8) is 0 Å². The third-order valence-corrected chi connectivity index (χ3v) is 4.07. The van der Waals surface area contributed by atoms with E-state index in [2.05, 4.69) is 5.32 Å². The molecular formula is C22H19FN2O3. The standard InChI is InChI=1S/C22H19FN2O3/c23-19-11-10-16(14-18(19)22(24)27)25-21(26)12-13-28-20-9-5-4-8-17(20)15-6-2-1-3-7-15/h1-11,14H,12-13H2,(H2,24,27)(H,25,26). The maximum absolute atomic E-state index is 13.5. The van der Waals surface area contributed by atoms with Gasteiger partial charge in [-0.25, -0.2) is 4.39 Å².